The molecule has 1 aromatic carbocycles. The van der Waals surface area contributed by atoms with Crippen molar-refractivity contribution < 1.29 is 22.8 Å². The van der Waals surface area contributed by atoms with Crippen LogP contribution in [-0.2, 0) is 11.0 Å². The van der Waals surface area contributed by atoms with Crippen molar-refractivity contribution in [2.45, 2.75) is 45.3 Å². The van der Waals surface area contributed by atoms with Gasteiger partial charge in [-0.15, -0.1) is 0 Å². The lowest BCUT2D eigenvalue weighted by atomic mass is 9.87. The van der Waals surface area contributed by atoms with Crippen LogP contribution in [0.4, 0.5) is 18.0 Å². The molecule has 1 N–H and O–H groups in total. The summed E-state index contributed by atoms with van der Waals surface area (Å²) in [6.07, 6.45) is -4.46. The van der Waals surface area contributed by atoms with Crippen LogP contribution in [0.15, 0.2) is 24.3 Å². The lowest BCUT2D eigenvalue weighted by molar-refractivity contribution is -0.137. The molecule has 0 aromatic heterocycles. The molecule has 1 fully saturated rings. The summed E-state index contributed by atoms with van der Waals surface area (Å²) in [6, 6.07) is 4.72. The maximum atomic E-state index is 13.1. The van der Waals surface area contributed by atoms with Crippen LogP contribution < -0.4 is 5.32 Å². The highest BCUT2D eigenvalue weighted by molar-refractivity contribution is 5.83. The number of carbonyl (C=O) groups is 2. The fourth-order valence-electron chi connectivity index (χ4n) is 3.34. The van der Waals surface area contributed by atoms with Crippen LogP contribution in [0.1, 0.15) is 44.7 Å². The van der Waals surface area contributed by atoms with E-state index < -0.39 is 29.1 Å². The molecule has 0 unspecified atom stereocenters. The van der Waals surface area contributed by atoms with Crippen molar-refractivity contribution in [2.75, 3.05) is 26.7 Å². The van der Waals surface area contributed by atoms with E-state index in [0.717, 1.165) is 12.1 Å². The Labute approximate surface area is 163 Å². The maximum absolute atomic E-state index is 13.1. The Morgan fingerprint density at radius 2 is 1.86 bits per heavy atom. The number of nitrogens with one attached hydrogen (secondary N) is 1. The number of likely N-dealkylation sites (tertiary alicyclic amines) is 1. The first kappa shape index (κ1) is 22.0. The van der Waals surface area contributed by atoms with Crippen LogP contribution in [0.25, 0.3) is 0 Å². The second-order valence-electron chi connectivity index (χ2n) is 8.27. The highest BCUT2D eigenvalue weighted by Crippen LogP contribution is 2.37. The summed E-state index contributed by atoms with van der Waals surface area (Å²) < 4.78 is 39.4. The number of hydrogen-bond donors (Lipinski definition) is 1. The topological polar surface area (TPSA) is 52.7 Å². The molecule has 0 spiro atoms. The maximum Gasteiger partial charge on any atom is 0.416 e. The Morgan fingerprint density at radius 1 is 1.21 bits per heavy atom. The molecular weight excluding hydrogens is 371 g/mol. The standard InChI is InChI=1S/C20H28F3N3O2/c1-6-25(5)17(27)16-12-26(18(28)24-19(2,3)4)11-15(16)13-8-7-9-14(10-13)20(21,22)23/h7-10,15-16H,6,11-12H2,1-5H3,(H,24,28)/t15-,16-/m1/s1. The van der Waals surface area contributed by atoms with Gasteiger partial charge >= 0.3 is 12.2 Å². The molecule has 0 saturated carbocycles. The number of hydrogen-bond acceptors (Lipinski definition) is 2. The van der Waals surface area contributed by atoms with Crippen LogP contribution in [0, 0.1) is 5.92 Å². The minimum absolute atomic E-state index is 0.170. The van der Waals surface area contributed by atoms with Gasteiger partial charge in [0.25, 0.3) is 0 Å². The van der Waals surface area contributed by atoms with E-state index in [1.807, 2.05) is 27.7 Å². The van der Waals surface area contributed by atoms with E-state index in [1.165, 1.54) is 15.9 Å². The molecule has 28 heavy (non-hydrogen) atoms. The lowest BCUT2D eigenvalue weighted by Gasteiger charge is -2.25. The smallest absolute Gasteiger partial charge is 0.346 e. The summed E-state index contributed by atoms with van der Waals surface area (Å²) in [6.45, 7) is 8.22. The molecule has 1 aromatic rings. The average molecular weight is 399 g/mol. The van der Waals surface area contributed by atoms with Gasteiger partial charge in [0.05, 0.1) is 11.5 Å². The van der Waals surface area contributed by atoms with Crippen molar-refractivity contribution in [3.05, 3.63) is 35.4 Å². The van der Waals surface area contributed by atoms with Crippen molar-refractivity contribution in [2.24, 2.45) is 5.92 Å². The van der Waals surface area contributed by atoms with Crippen LogP contribution >= 0.6 is 0 Å². The number of halogens is 3. The minimum atomic E-state index is -4.46. The van der Waals surface area contributed by atoms with Gasteiger partial charge in [0.2, 0.25) is 5.91 Å². The summed E-state index contributed by atoms with van der Waals surface area (Å²) in [5.74, 6) is -1.25. The summed E-state index contributed by atoms with van der Waals surface area (Å²) in [5, 5.41) is 2.85. The molecule has 8 heteroatoms. The molecule has 1 aliphatic heterocycles. The zero-order valence-electron chi connectivity index (χ0n) is 16.9. The Bertz CT molecular complexity index is 728. The first-order valence-electron chi connectivity index (χ1n) is 9.32. The third-order valence-electron chi connectivity index (χ3n) is 4.90. The van der Waals surface area contributed by atoms with Gasteiger partial charge in [-0.2, -0.15) is 13.2 Å². The molecule has 2 rings (SSSR count). The largest absolute Gasteiger partial charge is 0.416 e. The van der Waals surface area contributed by atoms with E-state index in [-0.39, 0.29) is 25.0 Å². The molecule has 2 atom stereocenters. The van der Waals surface area contributed by atoms with Gasteiger partial charge in [-0.3, -0.25) is 4.79 Å². The quantitative estimate of drug-likeness (QED) is 0.843. The summed E-state index contributed by atoms with van der Waals surface area (Å²) >= 11 is 0. The second kappa shape index (κ2) is 8.01. The molecule has 3 amide bonds. The lowest BCUT2D eigenvalue weighted by Crippen LogP contribution is -2.48. The predicted octanol–water partition coefficient (Wildman–Crippen LogP) is 3.71. The predicted molar refractivity (Wildman–Crippen MR) is 101 cm³/mol. The molecule has 1 heterocycles. The first-order valence-corrected chi connectivity index (χ1v) is 9.32. The fraction of sp³-hybridized carbons (Fsp3) is 0.600. The van der Waals surface area contributed by atoms with Crippen LogP contribution in [0.5, 0.6) is 0 Å². The van der Waals surface area contributed by atoms with Crippen LogP contribution in [0.3, 0.4) is 0 Å². The molecule has 5 nitrogen and oxygen atoms in total. The van der Waals surface area contributed by atoms with Gasteiger partial charge in [-0.1, -0.05) is 18.2 Å². The molecule has 0 radical (unpaired) electrons. The van der Waals surface area contributed by atoms with Gasteiger partial charge in [-0.25, -0.2) is 4.79 Å². The van der Waals surface area contributed by atoms with E-state index in [2.05, 4.69) is 5.32 Å². The van der Waals surface area contributed by atoms with Gasteiger partial charge < -0.3 is 15.1 Å². The minimum Gasteiger partial charge on any atom is -0.346 e. The number of urea groups is 1. The van der Waals surface area contributed by atoms with Crippen molar-refractivity contribution in [3.63, 3.8) is 0 Å². The molecular formula is C20H28F3N3O2. The monoisotopic (exact) mass is 399 g/mol. The average Bonchev–Trinajstić information content (AvgIpc) is 3.04. The zero-order chi connectivity index (χ0) is 21.3. The fourth-order valence-corrected chi connectivity index (χ4v) is 3.34. The summed E-state index contributed by atoms with van der Waals surface area (Å²) in [4.78, 5) is 28.5. The first-order chi connectivity index (χ1) is 12.8. The molecule has 0 aliphatic carbocycles. The van der Waals surface area contributed by atoms with Gasteiger partial charge in [0.1, 0.15) is 0 Å². The van der Waals surface area contributed by atoms with E-state index in [4.69, 9.17) is 0 Å². The number of amides is 3. The molecule has 0 bridgehead atoms. The Morgan fingerprint density at radius 3 is 2.39 bits per heavy atom. The number of alkyl halides is 3. The number of rotatable bonds is 3. The normalized spacial score (nSPS) is 20.2. The highest BCUT2D eigenvalue weighted by Gasteiger charge is 2.42. The zero-order valence-corrected chi connectivity index (χ0v) is 16.9. The van der Waals surface area contributed by atoms with Crippen LogP contribution in [0.2, 0.25) is 0 Å². The van der Waals surface area contributed by atoms with E-state index >= 15 is 0 Å². The van der Waals surface area contributed by atoms with Crippen molar-refractivity contribution in [1.82, 2.24) is 15.1 Å². The number of nitrogens with zero attached hydrogens (tertiary/aromatic N) is 2. The van der Waals surface area contributed by atoms with E-state index in [1.54, 1.807) is 13.1 Å². The molecule has 1 aliphatic rings. The highest BCUT2D eigenvalue weighted by atomic mass is 19.4. The van der Waals surface area contributed by atoms with Gasteiger partial charge in [0.15, 0.2) is 0 Å². The second-order valence-corrected chi connectivity index (χ2v) is 8.27. The Balaban J connectivity index is 2.35. The summed E-state index contributed by atoms with van der Waals surface area (Å²) in [7, 11) is 1.66. The molecule has 1 saturated heterocycles. The van der Waals surface area contributed by atoms with E-state index in [9.17, 15) is 22.8 Å². The SMILES string of the molecule is CCN(C)C(=O)[C@@H]1CN(C(=O)NC(C)(C)C)C[C@@H]1c1cccc(C(F)(F)F)c1. The third kappa shape index (κ3) is 5.17. The summed E-state index contributed by atoms with van der Waals surface area (Å²) in [5.41, 5.74) is -0.785. The third-order valence-corrected chi connectivity index (χ3v) is 4.90. The Kier molecular flexibility index (Phi) is 6.31. The van der Waals surface area contributed by atoms with Gasteiger partial charge in [-0.05, 0) is 39.3 Å². The van der Waals surface area contributed by atoms with Crippen molar-refractivity contribution >= 4 is 11.9 Å². The number of benzene rings is 1. The van der Waals surface area contributed by atoms with Crippen LogP contribution in [-0.4, -0.2) is 54.0 Å². The molecule has 156 valence electrons. The van der Waals surface area contributed by atoms with Crippen molar-refractivity contribution in [1.29, 1.82) is 0 Å². The van der Waals surface area contributed by atoms with Gasteiger partial charge in [0, 0.05) is 38.1 Å². The van der Waals surface area contributed by atoms with E-state index in [0.29, 0.717) is 12.1 Å². The van der Waals surface area contributed by atoms with Crippen molar-refractivity contribution in [3.8, 4) is 0 Å². The Hall–Kier alpha value is -2.25. The number of carbonyl (C=O) groups excluding carboxylic acids is 2.